The molecule has 29 heavy (non-hydrogen) atoms. The fourth-order valence-corrected chi connectivity index (χ4v) is 3.87. The van der Waals surface area contributed by atoms with Crippen molar-refractivity contribution in [3.05, 3.63) is 106 Å². The van der Waals surface area contributed by atoms with Gasteiger partial charge in [0.1, 0.15) is 0 Å². The summed E-state index contributed by atoms with van der Waals surface area (Å²) < 4.78 is 2.14. The second-order valence-electron chi connectivity index (χ2n) is 6.23. The van der Waals surface area contributed by atoms with Crippen LogP contribution in [0.2, 0.25) is 5.02 Å². The molecule has 0 atom stereocenters. The van der Waals surface area contributed by atoms with Gasteiger partial charge >= 0.3 is 0 Å². The average molecular weight is 485 g/mol. The van der Waals surface area contributed by atoms with Crippen LogP contribution in [0.15, 0.2) is 101 Å². The molecule has 0 aliphatic carbocycles. The summed E-state index contributed by atoms with van der Waals surface area (Å²) in [5.74, 6) is 0. The van der Waals surface area contributed by atoms with Gasteiger partial charge in [-0.05, 0) is 42.3 Å². The molecule has 0 aliphatic heterocycles. The summed E-state index contributed by atoms with van der Waals surface area (Å²) in [6.07, 6.45) is 0. The summed E-state index contributed by atoms with van der Waals surface area (Å²) in [5.41, 5.74) is 5.13. The SMILES string of the molecule is Br.C/C(=N\N=c1\scc(-c2ccccc2)n1-c1ccccc1)c1ccc(Cl)cc1. The Balaban J connectivity index is 0.00000240. The first-order chi connectivity index (χ1) is 13.7. The van der Waals surface area contributed by atoms with E-state index in [2.05, 4.69) is 44.4 Å². The Hall–Kier alpha value is -2.47. The third kappa shape index (κ3) is 4.93. The van der Waals surface area contributed by atoms with Crippen molar-refractivity contribution in [3.63, 3.8) is 0 Å². The first kappa shape index (κ1) is 21.2. The molecule has 0 spiro atoms. The van der Waals surface area contributed by atoms with Crippen molar-refractivity contribution >= 4 is 45.6 Å². The maximum absolute atomic E-state index is 5.97. The number of para-hydroxylation sites is 1. The molecule has 0 bridgehead atoms. The van der Waals surface area contributed by atoms with Crippen LogP contribution in [-0.4, -0.2) is 10.3 Å². The van der Waals surface area contributed by atoms with E-state index in [1.807, 2.05) is 67.6 Å². The lowest BCUT2D eigenvalue weighted by Gasteiger charge is -2.08. The quantitative estimate of drug-likeness (QED) is 0.226. The summed E-state index contributed by atoms with van der Waals surface area (Å²) >= 11 is 7.55. The first-order valence-corrected chi connectivity index (χ1v) is 10.1. The summed E-state index contributed by atoms with van der Waals surface area (Å²) in [7, 11) is 0. The molecule has 1 aromatic heterocycles. The molecule has 0 aliphatic rings. The fraction of sp³-hybridized carbons (Fsp3) is 0.0435. The van der Waals surface area contributed by atoms with Crippen molar-refractivity contribution in [2.75, 3.05) is 0 Å². The van der Waals surface area contributed by atoms with Gasteiger partial charge in [0, 0.05) is 16.1 Å². The number of halogens is 2. The smallest absolute Gasteiger partial charge is 0.215 e. The van der Waals surface area contributed by atoms with Crippen LogP contribution < -0.4 is 4.80 Å². The van der Waals surface area contributed by atoms with Gasteiger partial charge in [-0.3, -0.25) is 4.57 Å². The molecule has 0 fully saturated rings. The first-order valence-electron chi connectivity index (χ1n) is 8.88. The van der Waals surface area contributed by atoms with Crippen molar-refractivity contribution in [2.45, 2.75) is 6.92 Å². The summed E-state index contributed by atoms with van der Waals surface area (Å²) in [5, 5.41) is 11.9. The molecular weight excluding hydrogens is 466 g/mol. The van der Waals surface area contributed by atoms with Gasteiger partial charge in [-0.15, -0.1) is 33.4 Å². The number of benzene rings is 3. The highest BCUT2D eigenvalue weighted by Gasteiger charge is 2.09. The lowest BCUT2D eigenvalue weighted by atomic mass is 10.1. The van der Waals surface area contributed by atoms with E-state index in [-0.39, 0.29) is 17.0 Å². The van der Waals surface area contributed by atoms with E-state index in [0.717, 1.165) is 33.0 Å². The Morgan fingerprint density at radius 1 is 0.862 bits per heavy atom. The van der Waals surface area contributed by atoms with E-state index >= 15 is 0 Å². The van der Waals surface area contributed by atoms with E-state index in [9.17, 15) is 0 Å². The van der Waals surface area contributed by atoms with Crippen LogP contribution in [0.1, 0.15) is 12.5 Å². The van der Waals surface area contributed by atoms with Crippen molar-refractivity contribution in [2.24, 2.45) is 10.2 Å². The van der Waals surface area contributed by atoms with E-state index in [4.69, 9.17) is 11.6 Å². The zero-order valence-electron chi connectivity index (χ0n) is 15.7. The number of rotatable bonds is 4. The molecule has 6 heteroatoms. The van der Waals surface area contributed by atoms with Gasteiger partial charge in [0.2, 0.25) is 4.80 Å². The molecule has 4 rings (SSSR count). The minimum Gasteiger partial charge on any atom is -0.284 e. The van der Waals surface area contributed by atoms with E-state index in [0.29, 0.717) is 5.02 Å². The molecule has 3 nitrogen and oxygen atoms in total. The summed E-state index contributed by atoms with van der Waals surface area (Å²) in [4.78, 5) is 0.818. The van der Waals surface area contributed by atoms with Gasteiger partial charge in [0.25, 0.3) is 0 Å². The van der Waals surface area contributed by atoms with Crippen molar-refractivity contribution in [1.82, 2.24) is 4.57 Å². The predicted octanol–water partition coefficient (Wildman–Crippen LogP) is 6.76. The molecule has 3 aromatic carbocycles. The molecular formula is C23H19BrClN3S. The molecule has 0 amide bonds. The van der Waals surface area contributed by atoms with Gasteiger partial charge < -0.3 is 0 Å². The molecule has 0 saturated heterocycles. The van der Waals surface area contributed by atoms with Crippen LogP contribution in [0.4, 0.5) is 0 Å². The minimum absolute atomic E-state index is 0. The standard InChI is InChI=1S/C23H18ClN3S.BrH/c1-17(18-12-14-20(24)15-13-18)25-26-23-27(21-10-6-3-7-11-21)22(16-28-23)19-8-4-2-5-9-19;/h2-16H,1H3;1H/b25-17+,26-23+;. The summed E-state index contributed by atoms with van der Waals surface area (Å²) in [6, 6.07) is 28.2. The molecule has 0 radical (unpaired) electrons. The van der Waals surface area contributed by atoms with E-state index in [1.165, 1.54) is 0 Å². The molecule has 0 N–H and O–H groups in total. The fourth-order valence-electron chi connectivity index (χ4n) is 2.88. The molecule has 0 saturated carbocycles. The third-order valence-electron chi connectivity index (χ3n) is 4.34. The normalized spacial score (nSPS) is 11.9. The van der Waals surface area contributed by atoms with Crippen molar-refractivity contribution in [3.8, 4) is 16.9 Å². The van der Waals surface area contributed by atoms with Crippen LogP contribution in [0.5, 0.6) is 0 Å². The number of thiazole rings is 1. The minimum atomic E-state index is 0. The Morgan fingerprint density at radius 3 is 2.14 bits per heavy atom. The van der Waals surface area contributed by atoms with Gasteiger partial charge in [0.15, 0.2) is 0 Å². The topological polar surface area (TPSA) is 29.6 Å². The maximum atomic E-state index is 5.97. The Kier molecular flexibility index (Phi) is 7.20. The van der Waals surface area contributed by atoms with Crippen LogP contribution in [-0.2, 0) is 0 Å². The van der Waals surface area contributed by atoms with Crippen molar-refractivity contribution in [1.29, 1.82) is 0 Å². The maximum Gasteiger partial charge on any atom is 0.215 e. The van der Waals surface area contributed by atoms with Gasteiger partial charge in [-0.25, -0.2) is 0 Å². The number of nitrogens with zero attached hydrogens (tertiary/aromatic N) is 3. The van der Waals surface area contributed by atoms with E-state index < -0.39 is 0 Å². The molecule has 0 unspecified atom stereocenters. The van der Waals surface area contributed by atoms with Gasteiger partial charge in [0.05, 0.1) is 11.4 Å². The Bertz CT molecular complexity index is 1160. The molecule has 146 valence electrons. The van der Waals surface area contributed by atoms with Gasteiger partial charge in [-0.1, -0.05) is 72.3 Å². The molecule has 4 aromatic rings. The summed E-state index contributed by atoms with van der Waals surface area (Å²) in [6.45, 7) is 1.95. The molecule has 1 heterocycles. The van der Waals surface area contributed by atoms with Crippen LogP contribution in [0.3, 0.4) is 0 Å². The second-order valence-corrected chi connectivity index (χ2v) is 7.51. The van der Waals surface area contributed by atoms with Crippen LogP contribution in [0, 0.1) is 0 Å². The van der Waals surface area contributed by atoms with Crippen molar-refractivity contribution < 1.29 is 0 Å². The predicted molar refractivity (Wildman–Crippen MR) is 129 cm³/mol. The van der Waals surface area contributed by atoms with Gasteiger partial charge in [-0.2, -0.15) is 5.10 Å². The lowest BCUT2D eigenvalue weighted by molar-refractivity contribution is 0.970. The number of hydrogen-bond acceptors (Lipinski definition) is 3. The lowest BCUT2D eigenvalue weighted by Crippen LogP contribution is -2.13. The highest BCUT2D eigenvalue weighted by Crippen LogP contribution is 2.23. The number of aromatic nitrogens is 1. The van der Waals surface area contributed by atoms with Crippen LogP contribution in [0.25, 0.3) is 16.9 Å². The third-order valence-corrected chi connectivity index (χ3v) is 5.41. The van der Waals surface area contributed by atoms with Crippen LogP contribution >= 0.6 is 39.9 Å². The zero-order valence-corrected chi connectivity index (χ0v) is 19.0. The largest absolute Gasteiger partial charge is 0.284 e. The highest BCUT2D eigenvalue weighted by atomic mass is 79.9. The Labute approximate surface area is 189 Å². The second kappa shape index (κ2) is 9.83. The number of hydrogen-bond donors (Lipinski definition) is 0. The van der Waals surface area contributed by atoms with E-state index in [1.54, 1.807) is 11.3 Å². The average Bonchev–Trinajstić information content (AvgIpc) is 3.18. The monoisotopic (exact) mass is 483 g/mol. The zero-order chi connectivity index (χ0) is 19.3. The highest BCUT2D eigenvalue weighted by molar-refractivity contribution is 8.93. The Morgan fingerprint density at radius 2 is 1.48 bits per heavy atom.